The molecule has 0 heterocycles. The van der Waals surface area contributed by atoms with Crippen LogP contribution in [0, 0.1) is 23.2 Å². The number of halogens is 1. The van der Waals surface area contributed by atoms with E-state index in [1.54, 1.807) is 0 Å². The zero-order chi connectivity index (χ0) is 19.4. The van der Waals surface area contributed by atoms with Crippen LogP contribution in [0.5, 0.6) is 0 Å². The van der Waals surface area contributed by atoms with Gasteiger partial charge in [0.2, 0.25) is 5.91 Å². The van der Waals surface area contributed by atoms with E-state index in [0.717, 1.165) is 37.7 Å². The van der Waals surface area contributed by atoms with E-state index in [4.69, 9.17) is 11.6 Å². The molecule has 6 atom stereocenters. The summed E-state index contributed by atoms with van der Waals surface area (Å²) in [6.45, 7) is 6.03. The van der Waals surface area contributed by atoms with Gasteiger partial charge < -0.3 is 10.4 Å². The van der Waals surface area contributed by atoms with E-state index < -0.39 is 11.0 Å². The topological polar surface area (TPSA) is 49.3 Å². The predicted octanol–water partition coefficient (Wildman–Crippen LogP) is 4.83. The Morgan fingerprint density at radius 1 is 1.30 bits per heavy atom. The lowest BCUT2D eigenvalue weighted by molar-refractivity contribution is -0.175. The van der Waals surface area contributed by atoms with Crippen molar-refractivity contribution in [3.05, 3.63) is 35.9 Å². The Bertz CT molecular complexity index is 720. The third-order valence-corrected chi connectivity index (χ3v) is 8.06. The third kappa shape index (κ3) is 3.31. The summed E-state index contributed by atoms with van der Waals surface area (Å²) in [6.07, 6.45) is 5.36. The van der Waals surface area contributed by atoms with Crippen LogP contribution in [0.4, 0.5) is 0 Å². The molecule has 5 rings (SSSR count). The van der Waals surface area contributed by atoms with Crippen LogP contribution in [0.25, 0.3) is 0 Å². The highest BCUT2D eigenvalue weighted by Gasteiger charge is 2.63. The van der Waals surface area contributed by atoms with Gasteiger partial charge in [-0.15, -0.1) is 11.6 Å². The standard InChI is InChI=1S/C23H32ClNO2/c1-4-21(2,3)20(26)25-19(16-8-6-5-7-9-16)18-17-10-15-11-22(24,13-17)14-23(18,27)12-15/h5-9,15,17-19,27H,4,10-14H2,1-3H3,(H,25,26)/t15-,17+,18-,19+,22+,23+/m1/s1. The Labute approximate surface area is 167 Å². The molecule has 4 fully saturated rings. The van der Waals surface area contributed by atoms with Crippen molar-refractivity contribution >= 4 is 17.5 Å². The number of benzene rings is 1. The summed E-state index contributed by atoms with van der Waals surface area (Å²) < 4.78 is 0. The predicted molar refractivity (Wildman–Crippen MR) is 108 cm³/mol. The molecule has 1 aromatic carbocycles. The maximum atomic E-state index is 13.1. The molecule has 4 bridgehead atoms. The molecular weight excluding hydrogens is 358 g/mol. The van der Waals surface area contributed by atoms with Gasteiger partial charge in [-0.2, -0.15) is 0 Å². The Kier molecular flexibility index (Phi) is 4.63. The van der Waals surface area contributed by atoms with Crippen LogP contribution in [0.3, 0.4) is 0 Å². The molecule has 1 aromatic rings. The fraction of sp³-hybridized carbons (Fsp3) is 0.696. The first-order valence-electron chi connectivity index (χ1n) is 10.4. The molecule has 0 unspecified atom stereocenters. The molecule has 0 spiro atoms. The van der Waals surface area contributed by atoms with Gasteiger partial charge in [0, 0.05) is 16.2 Å². The van der Waals surface area contributed by atoms with Gasteiger partial charge >= 0.3 is 0 Å². The molecule has 4 saturated carbocycles. The lowest BCUT2D eigenvalue weighted by Crippen LogP contribution is -2.65. The minimum absolute atomic E-state index is 0.0277. The fourth-order valence-electron chi connectivity index (χ4n) is 6.17. The second kappa shape index (κ2) is 6.49. The smallest absolute Gasteiger partial charge is 0.226 e. The van der Waals surface area contributed by atoms with Crippen LogP contribution in [0.2, 0.25) is 0 Å². The van der Waals surface area contributed by atoms with Crippen LogP contribution >= 0.6 is 11.6 Å². The van der Waals surface area contributed by atoms with Crippen LogP contribution < -0.4 is 5.32 Å². The van der Waals surface area contributed by atoms with Crippen molar-refractivity contribution in [2.75, 3.05) is 0 Å². The summed E-state index contributed by atoms with van der Waals surface area (Å²) in [6, 6.07) is 10.0. The van der Waals surface area contributed by atoms with Gasteiger partial charge in [-0.3, -0.25) is 4.79 Å². The van der Waals surface area contributed by atoms with Crippen molar-refractivity contribution < 1.29 is 9.90 Å². The van der Waals surface area contributed by atoms with Gasteiger partial charge in [0.1, 0.15) is 0 Å². The number of aliphatic hydroxyl groups is 1. The third-order valence-electron chi connectivity index (χ3n) is 7.61. The Hall–Kier alpha value is -1.06. The maximum absolute atomic E-state index is 13.1. The SMILES string of the molecule is CCC(C)(C)C(=O)N[C@@H](c1ccccc1)[C@H]1[C@H]2C[C@@H]3C[C@](Cl)(C2)C[C@@]1(O)C3. The van der Waals surface area contributed by atoms with Gasteiger partial charge in [0.05, 0.1) is 11.6 Å². The first-order chi connectivity index (χ1) is 12.7. The van der Waals surface area contributed by atoms with E-state index in [0.29, 0.717) is 18.3 Å². The number of hydrogen-bond acceptors (Lipinski definition) is 2. The highest BCUT2D eigenvalue weighted by molar-refractivity contribution is 6.24. The van der Waals surface area contributed by atoms with Crippen LogP contribution in [-0.4, -0.2) is 21.5 Å². The number of carbonyl (C=O) groups excluding carboxylic acids is 1. The number of carbonyl (C=O) groups is 1. The number of rotatable bonds is 5. The number of nitrogens with one attached hydrogen (secondary N) is 1. The molecule has 4 aliphatic rings. The summed E-state index contributed by atoms with van der Waals surface area (Å²) in [5, 5.41) is 15.0. The molecule has 148 valence electrons. The molecule has 0 saturated heterocycles. The molecule has 2 N–H and O–H groups in total. The van der Waals surface area contributed by atoms with Crippen molar-refractivity contribution in [1.29, 1.82) is 0 Å². The van der Waals surface area contributed by atoms with Gasteiger partial charge in [-0.25, -0.2) is 0 Å². The summed E-state index contributed by atoms with van der Waals surface area (Å²) in [7, 11) is 0. The normalized spacial score (nSPS) is 38.6. The van der Waals surface area contributed by atoms with E-state index in [-0.39, 0.29) is 22.7 Å². The summed E-state index contributed by atoms with van der Waals surface area (Å²) in [4.78, 5) is 12.8. The van der Waals surface area contributed by atoms with E-state index in [2.05, 4.69) is 17.4 Å². The second-order valence-electron chi connectivity index (χ2n) is 10.0. The molecule has 0 radical (unpaired) electrons. The minimum Gasteiger partial charge on any atom is -0.389 e. The van der Waals surface area contributed by atoms with Crippen LogP contribution in [0.1, 0.15) is 70.9 Å². The van der Waals surface area contributed by atoms with E-state index >= 15 is 0 Å². The molecule has 0 aliphatic heterocycles. The van der Waals surface area contributed by atoms with E-state index in [1.807, 2.05) is 39.0 Å². The quantitative estimate of drug-likeness (QED) is 0.708. The molecule has 1 amide bonds. The highest BCUT2D eigenvalue weighted by Crippen LogP contribution is 2.64. The second-order valence-corrected chi connectivity index (χ2v) is 10.8. The largest absolute Gasteiger partial charge is 0.389 e. The average molecular weight is 390 g/mol. The number of alkyl halides is 1. The van der Waals surface area contributed by atoms with Crippen molar-refractivity contribution in [3.63, 3.8) is 0 Å². The average Bonchev–Trinajstić information content (AvgIpc) is 2.58. The zero-order valence-corrected chi connectivity index (χ0v) is 17.4. The monoisotopic (exact) mass is 389 g/mol. The summed E-state index contributed by atoms with van der Waals surface area (Å²) in [5.74, 6) is 0.983. The Morgan fingerprint density at radius 2 is 2.00 bits per heavy atom. The lowest BCUT2D eigenvalue weighted by atomic mass is 9.47. The zero-order valence-electron chi connectivity index (χ0n) is 16.7. The number of hydrogen-bond donors (Lipinski definition) is 2. The molecule has 4 heteroatoms. The minimum atomic E-state index is -0.782. The molecule has 4 aliphatic carbocycles. The summed E-state index contributed by atoms with van der Waals surface area (Å²) in [5.41, 5.74) is -0.113. The lowest BCUT2D eigenvalue weighted by Gasteiger charge is -2.63. The van der Waals surface area contributed by atoms with Crippen molar-refractivity contribution in [3.8, 4) is 0 Å². The fourth-order valence-corrected chi connectivity index (χ4v) is 6.82. The maximum Gasteiger partial charge on any atom is 0.226 e. The molecule has 27 heavy (non-hydrogen) atoms. The summed E-state index contributed by atoms with van der Waals surface area (Å²) >= 11 is 6.89. The Balaban J connectivity index is 1.70. The van der Waals surface area contributed by atoms with Gasteiger partial charge in [0.25, 0.3) is 0 Å². The van der Waals surface area contributed by atoms with Crippen molar-refractivity contribution in [2.24, 2.45) is 23.2 Å². The van der Waals surface area contributed by atoms with Crippen molar-refractivity contribution in [1.82, 2.24) is 5.32 Å². The first-order valence-corrected chi connectivity index (χ1v) is 10.8. The van der Waals surface area contributed by atoms with Gasteiger partial charge in [-0.05, 0) is 55.9 Å². The number of amides is 1. The Morgan fingerprint density at radius 3 is 2.59 bits per heavy atom. The van der Waals surface area contributed by atoms with E-state index in [1.165, 1.54) is 0 Å². The van der Waals surface area contributed by atoms with Crippen LogP contribution in [-0.2, 0) is 4.79 Å². The van der Waals surface area contributed by atoms with Crippen LogP contribution in [0.15, 0.2) is 30.3 Å². The van der Waals surface area contributed by atoms with E-state index in [9.17, 15) is 9.90 Å². The highest BCUT2D eigenvalue weighted by atomic mass is 35.5. The van der Waals surface area contributed by atoms with Crippen molar-refractivity contribution in [2.45, 2.75) is 75.8 Å². The van der Waals surface area contributed by atoms with Gasteiger partial charge in [0.15, 0.2) is 0 Å². The molecular formula is C23H32ClNO2. The molecule has 3 nitrogen and oxygen atoms in total. The first kappa shape index (κ1) is 19.3. The van der Waals surface area contributed by atoms with Gasteiger partial charge in [-0.1, -0.05) is 51.1 Å². The molecule has 0 aromatic heterocycles.